The summed E-state index contributed by atoms with van der Waals surface area (Å²) in [5.41, 5.74) is 1.20. The van der Waals surface area contributed by atoms with Crippen molar-refractivity contribution < 1.29 is 23.9 Å². The summed E-state index contributed by atoms with van der Waals surface area (Å²) < 4.78 is 16.2. The summed E-state index contributed by atoms with van der Waals surface area (Å²) in [6, 6.07) is 7.34. The van der Waals surface area contributed by atoms with Gasteiger partial charge in [-0.25, -0.2) is 0 Å². The topological polar surface area (TPSA) is 88.3 Å². The first-order valence-electron chi connectivity index (χ1n) is 9.51. The molecule has 2 saturated heterocycles. The number of nitrogens with zero attached hydrogens (tertiary/aromatic N) is 3. The lowest BCUT2D eigenvalue weighted by atomic mass is 10.1. The van der Waals surface area contributed by atoms with E-state index >= 15 is 0 Å². The van der Waals surface area contributed by atoms with Crippen molar-refractivity contribution in [1.82, 2.24) is 10.1 Å². The first-order chi connectivity index (χ1) is 13.6. The van der Waals surface area contributed by atoms with E-state index in [0.717, 1.165) is 37.2 Å². The third kappa shape index (κ3) is 3.33. The molecule has 2 aromatic rings. The van der Waals surface area contributed by atoms with Crippen molar-refractivity contribution in [2.45, 2.75) is 25.0 Å². The Bertz CT molecular complexity index is 829. The average molecular weight is 387 g/mol. The third-order valence-electron chi connectivity index (χ3n) is 5.47. The van der Waals surface area contributed by atoms with Crippen LogP contribution in [0.3, 0.4) is 0 Å². The number of β-amino-alcohol motifs (C(OH)–C–C–N with tert-alkyl or cyclic N) is 1. The summed E-state index contributed by atoms with van der Waals surface area (Å²) in [4.78, 5) is 17.1. The van der Waals surface area contributed by atoms with E-state index in [-0.39, 0.29) is 18.6 Å². The van der Waals surface area contributed by atoms with Crippen molar-refractivity contribution >= 4 is 11.7 Å². The highest BCUT2D eigenvalue weighted by Crippen LogP contribution is 2.35. The Kier molecular flexibility index (Phi) is 5.23. The summed E-state index contributed by atoms with van der Waals surface area (Å²) >= 11 is 0. The molecule has 4 rings (SSSR count). The molecule has 1 aromatic carbocycles. The molecule has 8 heteroatoms. The molecule has 2 fully saturated rings. The Morgan fingerprint density at radius 1 is 1.18 bits per heavy atom. The molecule has 1 aromatic heterocycles. The van der Waals surface area contributed by atoms with Crippen molar-refractivity contribution in [1.29, 1.82) is 0 Å². The van der Waals surface area contributed by atoms with Crippen molar-refractivity contribution in [3.63, 3.8) is 0 Å². The molecule has 2 aliphatic rings. The average Bonchev–Trinajstić information content (AvgIpc) is 3.46. The molecule has 0 bridgehead atoms. The third-order valence-corrected chi connectivity index (χ3v) is 5.47. The summed E-state index contributed by atoms with van der Waals surface area (Å²) in [7, 11) is 3.15. The number of anilines is 1. The SMILES string of the molecule is COc1ccc(-c2onc(N3CCCC3)c2C(=O)N2C[C@H](OC)[C@@H](O)C2)cc1. The Labute approximate surface area is 163 Å². The lowest BCUT2D eigenvalue weighted by molar-refractivity contribution is 0.0215. The van der Waals surface area contributed by atoms with Crippen LogP contribution in [0.5, 0.6) is 5.75 Å². The second-order valence-corrected chi connectivity index (χ2v) is 7.18. The molecule has 0 aliphatic carbocycles. The fourth-order valence-electron chi connectivity index (χ4n) is 3.87. The van der Waals surface area contributed by atoms with E-state index in [0.29, 0.717) is 23.7 Å². The number of amides is 1. The number of carbonyl (C=O) groups excluding carboxylic acids is 1. The van der Waals surface area contributed by atoms with Crippen molar-refractivity contribution in [2.75, 3.05) is 45.3 Å². The van der Waals surface area contributed by atoms with Crippen molar-refractivity contribution in [3.05, 3.63) is 29.8 Å². The van der Waals surface area contributed by atoms with Crippen LogP contribution in [0.2, 0.25) is 0 Å². The minimum atomic E-state index is -0.700. The van der Waals surface area contributed by atoms with Gasteiger partial charge in [0.2, 0.25) is 0 Å². The van der Waals surface area contributed by atoms with E-state index in [4.69, 9.17) is 14.0 Å². The summed E-state index contributed by atoms with van der Waals surface area (Å²) in [6.45, 7) is 2.25. The van der Waals surface area contributed by atoms with Gasteiger partial charge in [0.1, 0.15) is 17.4 Å². The van der Waals surface area contributed by atoms with Gasteiger partial charge in [0, 0.05) is 38.9 Å². The molecular weight excluding hydrogens is 362 g/mol. The lowest BCUT2D eigenvalue weighted by Gasteiger charge is -2.19. The molecule has 150 valence electrons. The fourth-order valence-corrected chi connectivity index (χ4v) is 3.87. The standard InChI is InChI=1S/C20H25N3O5/c1-26-14-7-5-13(6-8-14)18-17(19(21-28-18)22-9-3-4-10-22)20(25)23-11-15(24)16(12-23)27-2/h5-8,15-16,24H,3-4,9-12H2,1-2H3/t15-,16-/m0/s1. The number of ether oxygens (including phenoxy) is 2. The molecule has 0 radical (unpaired) electrons. The fraction of sp³-hybridized carbons (Fsp3) is 0.500. The molecule has 1 amide bonds. The van der Waals surface area contributed by atoms with Gasteiger partial charge in [-0.2, -0.15) is 0 Å². The van der Waals surface area contributed by atoms with Gasteiger partial charge >= 0.3 is 0 Å². The highest BCUT2D eigenvalue weighted by molar-refractivity contribution is 6.04. The zero-order valence-electron chi connectivity index (χ0n) is 16.1. The maximum absolute atomic E-state index is 13.4. The molecule has 0 saturated carbocycles. The highest BCUT2D eigenvalue weighted by atomic mass is 16.5. The molecule has 28 heavy (non-hydrogen) atoms. The van der Waals surface area contributed by atoms with Crippen LogP contribution in [0.4, 0.5) is 5.82 Å². The number of aromatic nitrogens is 1. The number of hydrogen-bond acceptors (Lipinski definition) is 7. The van der Waals surface area contributed by atoms with Crippen LogP contribution in [-0.4, -0.2) is 73.7 Å². The quantitative estimate of drug-likeness (QED) is 0.837. The van der Waals surface area contributed by atoms with E-state index in [1.807, 2.05) is 24.3 Å². The highest BCUT2D eigenvalue weighted by Gasteiger charge is 2.38. The number of benzene rings is 1. The van der Waals surface area contributed by atoms with Gasteiger partial charge in [-0.1, -0.05) is 5.16 Å². The van der Waals surface area contributed by atoms with Gasteiger partial charge < -0.3 is 28.9 Å². The minimum absolute atomic E-state index is 0.201. The van der Waals surface area contributed by atoms with E-state index < -0.39 is 6.10 Å². The number of hydrogen-bond donors (Lipinski definition) is 1. The number of carbonyl (C=O) groups is 1. The molecular formula is C20H25N3O5. The van der Waals surface area contributed by atoms with Gasteiger partial charge in [-0.05, 0) is 37.1 Å². The summed E-state index contributed by atoms with van der Waals surface area (Å²) in [6.07, 6.45) is 1.04. The summed E-state index contributed by atoms with van der Waals surface area (Å²) in [5.74, 6) is 1.53. The summed E-state index contributed by atoms with van der Waals surface area (Å²) in [5, 5.41) is 14.4. The lowest BCUT2D eigenvalue weighted by Crippen LogP contribution is -2.32. The van der Waals surface area contributed by atoms with Gasteiger partial charge in [0.15, 0.2) is 11.6 Å². The predicted octanol–water partition coefficient (Wildman–Crippen LogP) is 1.78. The number of aliphatic hydroxyl groups is 1. The largest absolute Gasteiger partial charge is 0.497 e. The maximum atomic E-state index is 13.4. The van der Waals surface area contributed by atoms with E-state index in [1.165, 1.54) is 0 Å². The van der Waals surface area contributed by atoms with E-state index in [2.05, 4.69) is 10.1 Å². The van der Waals surface area contributed by atoms with Crippen LogP contribution < -0.4 is 9.64 Å². The van der Waals surface area contributed by atoms with Crippen LogP contribution in [0.1, 0.15) is 23.2 Å². The van der Waals surface area contributed by atoms with Crippen LogP contribution in [0, 0.1) is 0 Å². The monoisotopic (exact) mass is 387 g/mol. The predicted molar refractivity (Wildman–Crippen MR) is 103 cm³/mol. The zero-order valence-corrected chi connectivity index (χ0v) is 16.1. The first kappa shape index (κ1) is 18.8. The van der Waals surface area contributed by atoms with Gasteiger partial charge in [-0.15, -0.1) is 0 Å². The van der Waals surface area contributed by atoms with Gasteiger partial charge in [0.05, 0.1) is 13.2 Å². The Balaban J connectivity index is 1.72. The minimum Gasteiger partial charge on any atom is -0.497 e. The first-order valence-corrected chi connectivity index (χ1v) is 9.51. The van der Waals surface area contributed by atoms with Crippen LogP contribution >= 0.6 is 0 Å². The smallest absolute Gasteiger partial charge is 0.261 e. The molecule has 3 heterocycles. The maximum Gasteiger partial charge on any atom is 0.261 e. The second-order valence-electron chi connectivity index (χ2n) is 7.18. The molecule has 2 atom stereocenters. The second kappa shape index (κ2) is 7.81. The van der Waals surface area contributed by atoms with Crippen LogP contribution in [-0.2, 0) is 4.74 Å². The normalized spacial score (nSPS) is 22.1. The number of methoxy groups -OCH3 is 2. The molecule has 0 unspecified atom stereocenters. The number of aliphatic hydroxyl groups excluding tert-OH is 1. The van der Waals surface area contributed by atoms with Gasteiger partial charge in [-0.3, -0.25) is 4.79 Å². The molecule has 1 N–H and O–H groups in total. The van der Waals surface area contributed by atoms with Crippen LogP contribution in [0.15, 0.2) is 28.8 Å². The van der Waals surface area contributed by atoms with Crippen molar-refractivity contribution in [2.24, 2.45) is 0 Å². The Morgan fingerprint density at radius 3 is 2.50 bits per heavy atom. The van der Waals surface area contributed by atoms with Crippen LogP contribution in [0.25, 0.3) is 11.3 Å². The molecule has 0 spiro atoms. The molecule has 8 nitrogen and oxygen atoms in total. The zero-order chi connectivity index (χ0) is 19.7. The molecule has 2 aliphatic heterocycles. The number of rotatable bonds is 5. The Hall–Kier alpha value is -2.58. The van der Waals surface area contributed by atoms with E-state index in [1.54, 1.807) is 19.1 Å². The van der Waals surface area contributed by atoms with Gasteiger partial charge in [0.25, 0.3) is 5.91 Å². The Morgan fingerprint density at radius 2 is 1.89 bits per heavy atom. The van der Waals surface area contributed by atoms with E-state index in [9.17, 15) is 9.90 Å². The number of likely N-dealkylation sites (tertiary alicyclic amines) is 1. The van der Waals surface area contributed by atoms with Crippen molar-refractivity contribution in [3.8, 4) is 17.1 Å².